The molecule has 0 aromatic heterocycles. The summed E-state index contributed by atoms with van der Waals surface area (Å²) in [5, 5.41) is 2.93. The Balaban J connectivity index is 1.67. The van der Waals surface area contributed by atoms with Crippen molar-refractivity contribution in [3.63, 3.8) is 0 Å². The lowest BCUT2D eigenvalue weighted by Gasteiger charge is -2.22. The molecule has 1 aromatic carbocycles. The number of nitrogens with zero attached hydrogens (tertiary/aromatic N) is 1. The predicted octanol–water partition coefficient (Wildman–Crippen LogP) is 2.35. The highest BCUT2D eigenvalue weighted by atomic mass is 16.5. The molecule has 2 saturated heterocycles. The topological polar surface area (TPSA) is 60.0 Å². The number of methoxy groups -OCH3 is 2. The number of likely N-dealkylation sites (tertiary alicyclic amines) is 1. The Labute approximate surface area is 130 Å². The monoisotopic (exact) mass is 306 g/mol. The van der Waals surface area contributed by atoms with E-state index in [1.165, 1.54) is 0 Å². The third-order valence-electron chi connectivity index (χ3n) is 4.51. The van der Waals surface area contributed by atoms with Crippen molar-refractivity contribution in [2.75, 3.05) is 45.8 Å². The minimum Gasteiger partial charge on any atom is -0.497 e. The molecule has 6 heteroatoms. The summed E-state index contributed by atoms with van der Waals surface area (Å²) in [5.74, 6) is 1.30. The first-order valence-corrected chi connectivity index (χ1v) is 7.51. The number of ether oxygens (including phenoxy) is 3. The van der Waals surface area contributed by atoms with Gasteiger partial charge in [0.2, 0.25) is 0 Å². The zero-order chi connectivity index (χ0) is 15.6. The zero-order valence-corrected chi connectivity index (χ0v) is 13.1. The first-order chi connectivity index (χ1) is 10.6. The van der Waals surface area contributed by atoms with Crippen LogP contribution in [0.25, 0.3) is 0 Å². The Bertz CT molecular complexity index is 533. The van der Waals surface area contributed by atoms with E-state index in [1.54, 1.807) is 32.4 Å². The number of hydrogen-bond acceptors (Lipinski definition) is 4. The van der Waals surface area contributed by atoms with Gasteiger partial charge in [-0.15, -0.1) is 0 Å². The molecule has 120 valence electrons. The summed E-state index contributed by atoms with van der Waals surface area (Å²) in [4.78, 5) is 14.3. The van der Waals surface area contributed by atoms with Gasteiger partial charge in [-0.1, -0.05) is 0 Å². The molecule has 0 unspecified atom stereocenters. The second-order valence-electron chi connectivity index (χ2n) is 6.01. The van der Waals surface area contributed by atoms with Gasteiger partial charge in [0, 0.05) is 49.0 Å². The first-order valence-electron chi connectivity index (χ1n) is 7.51. The largest absolute Gasteiger partial charge is 0.497 e. The van der Waals surface area contributed by atoms with Crippen LogP contribution in [0.2, 0.25) is 0 Å². The molecule has 22 heavy (non-hydrogen) atoms. The van der Waals surface area contributed by atoms with E-state index in [9.17, 15) is 4.79 Å². The lowest BCUT2D eigenvalue weighted by atomic mass is 9.87. The number of carbonyl (C=O) groups is 1. The quantitative estimate of drug-likeness (QED) is 0.931. The highest BCUT2D eigenvalue weighted by Gasteiger charge is 2.42. The van der Waals surface area contributed by atoms with Crippen molar-refractivity contribution in [1.29, 1.82) is 0 Å². The van der Waals surface area contributed by atoms with Crippen LogP contribution in [0.3, 0.4) is 0 Å². The van der Waals surface area contributed by atoms with Gasteiger partial charge in [-0.25, -0.2) is 4.79 Å². The third-order valence-corrected chi connectivity index (χ3v) is 4.51. The molecule has 0 bridgehead atoms. The molecular formula is C16H22N2O4. The second-order valence-corrected chi connectivity index (χ2v) is 6.01. The Hall–Kier alpha value is -1.95. The van der Waals surface area contributed by atoms with E-state index in [2.05, 4.69) is 5.32 Å². The van der Waals surface area contributed by atoms with Crippen LogP contribution in [-0.4, -0.2) is 51.5 Å². The van der Waals surface area contributed by atoms with E-state index in [1.807, 2.05) is 4.90 Å². The van der Waals surface area contributed by atoms with Gasteiger partial charge in [0.1, 0.15) is 11.5 Å². The number of urea groups is 1. The number of rotatable bonds is 3. The van der Waals surface area contributed by atoms with Crippen molar-refractivity contribution in [3.05, 3.63) is 18.2 Å². The van der Waals surface area contributed by atoms with Gasteiger partial charge in [0.05, 0.1) is 20.8 Å². The van der Waals surface area contributed by atoms with Gasteiger partial charge >= 0.3 is 6.03 Å². The van der Waals surface area contributed by atoms with Crippen LogP contribution in [-0.2, 0) is 4.74 Å². The van der Waals surface area contributed by atoms with Crippen molar-refractivity contribution in [3.8, 4) is 11.5 Å². The van der Waals surface area contributed by atoms with E-state index >= 15 is 0 Å². The average molecular weight is 306 g/mol. The third kappa shape index (κ3) is 2.97. The molecular weight excluding hydrogens is 284 g/mol. The maximum atomic E-state index is 12.4. The number of anilines is 1. The number of hydrogen-bond donors (Lipinski definition) is 1. The molecule has 2 aliphatic rings. The summed E-state index contributed by atoms with van der Waals surface area (Å²) < 4.78 is 15.9. The summed E-state index contributed by atoms with van der Waals surface area (Å²) in [7, 11) is 3.18. The van der Waals surface area contributed by atoms with Crippen molar-refractivity contribution in [2.24, 2.45) is 5.41 Å². The van der Waals surface area contributed by atoms with Gasteiger partial charge in [-0.05, 0) is 12.8 Å². The fourth-order valence-corrected chi connectivity index (χ4v) is 3.16. The fourth-order valence-electron chi connectivity index (χ4n) is 3.16. The van der Waals surface area contributed by atoms with Crippen LogP contribution in [0, 0.1) is 5.41 Å². The normalized spacial score (nSPS) is 23.8. The van der Waals surface area contributed by atoms with E-state index < -0.39 is 0 Å². The standard InChI is InChI=1S/C16H22N2O4/c1-20-13-7-12(8-14(9-13)21-2)17-15(19)18-5-3-16(10-18)4-6-22-11-16/h7-9H,3-6,10-11H2,1-2H3,(H,17,19)/t16-/m0/s1. The second kappa shape index (κ2) is 6.04. The highest BCUT2D eigenvalue weighted by molar-refractivity contribution is 5.90. The van der Waals surface area contributed by atoms with Crippen molar-refractivity contribution >= 4 is 11.7 Å². The van der Waals surface area contributed by atoms with Gasteiger partial charge in [-0.3, -0.25) is 0 Å². The highest BCUT2D eigenvalue weighted by Crippen LogP contribution is 2.38. The number of carbonyl (C=O) groups excluding carboxylic acids is 1. The van der Waals surface area contributed by atoms with Gasteiger partial charge in [0.15, 0.2) is 0 Å². The van der Waals surface area contributed by atoms with Crippen LogP contribution in [0.15, 0.2) is 18.2 Å². The van der Waals surface area contributed by atoms with Crippen molar-refractivity contribution in [2.45, 2.75) is 12.8 Å². The van der Waals surface area contributed by atoms with Gasteiger partial charge in [-0.2, -0.15) is 0 Å². The Morgan fingerprint density at radius 2 is 1.95 bits per heavy atom. The summed E-state index contributed by atoms with van der Waals surface area (Å²) >= 11 is 0. The van der Waals surface area contributed by atoms with E-state index in [0.717, 1.165) is 39.1 Å². The minimum absolute atomic E-state index is 0.0842. The summed E-state index contributed by atoms with van der Waals surface area (Å²) in [6.07, 6.45) is 2.06. The molecule has 2 fully saturated rings. The Kier molecular flexibility index (Phi) is 4.11. The molecule has 2 amide bonds. The van der Waals surface area contributed by atoms with E-state index in [-0.39, 0.29) is 11.4 Å². The lowest BCUT2D eigenvalue weighted by Crippen LogP contribution is -2.35. The molecule has 3 rings (SSSR count). The van der Waals surface area contributed by atoms with Crippen LogP contribution < -0.4 is 14.8 Å². The predicted molar refractivity (Wildman–Crippen MR) is 82.6 cm³/mol. The zero-order valence-electron chi connectivity index (χ0n) is 13.1. The molecule has 0 saturated carbocycles. The molecule has 1 N–H and O–H groups in total. The van der Waals surface area contributed by atoms with Crippen LogP contribution in [0.4, 0.5) is 10.5 Å². The first kappa shape index (κ1) is 15.0. The molecule has 2 heterocycles. The number of benzene rings is 1. The molecule has 2 aliphatic heterocycles. The SMILES string of the molecule is COc1cc(NC(=O)N2CC[C@]3(CCOC3)C2)cc(OC)c1. The van der Waals surface area contributed by atoms with E-state index in [4.69, 9.17) is 14.2 Å². The summed E-state index contributed by atoms with van der Waals surface area (Å²) in [5.41, 5.74) is 0.841. The van der Waals surface area contributed by atoms with Crippen LogP contribution in [0.1, 0.15) is 12.8 Å². The molecule has 1 aromatic rings. The van der Waals surface area contributed by atoms with Crippen LogP contribution in [0.5, 0.6) is 11.5 Å². The smallest absolute Gasteiger partial charge is 0.321 e. The molecule has 1 spiro atoms. The van der Waals surface area contributed by atoms with Crippen molar-refractivity contribution < 1.29 is 19.0 Å². The lowest BCUT2D eigenvalue weighted by molar-refractivity contribution is 0.154. The molecule has 0 aliphatic carbocycles. The van der Waals surface area contributed by atoms with Gasteiger partial charge in [0.25, 0.3) is 0 Å². The summed E-state index contributed by atoms with van der Waals surface area (Å²) in [6.45, 7) is 3.11. The maximum absolute atomic E-state index is 12.4. The van der Waals surface area contributed by atoms with Gasteiger partial charge < -0.3 is 24.4 Å². The molecule has 6 nitrogen and oxygen atoms in total. The number of amides is 2. The van der Waals surface area contributed by atoms with Crippen LogP contribution >= 0.6 is 0 Å². The number of nitrogens with one attached hydrogen (secondary N) is 1. The van der Waals surface area contributed by atoms with E-state index in [0.29, 0.717) is 17.2 Å². The molecule has 0 radical (unpaired) electrons. The average Bonchev–Trinajstić information content (AvgIpc) is 3.17. The Morgan fingerprint density at radius 3 is 2.55 bits per heavy atom. The van der Waals surface area contributed by atoms with Crippen molar-refractivity contribution in [1.82, 2.24) is 4.90 Å². The maximum Gasteiger partial charge on any atom is 0.321 e. The fraction of sp³-hybridized carbons (Fsp3) is 0.562. The Morgan fingerprint density at radius 1 is 1.23 bits per heavy atom. The minimum atomic E-state index is -0.0842. The molecule has 1 atom stereocenters. The summed E-state index contributed by atoms with van der Waals surface area (Å²) in [6, 6.07) is 5.26.